The van der Waals surface area contributed by atoms with E-state index < -0.39 is 0 Å². The lowest BCUT2D eigenvalue weighted by Crippen LogP contribution is -2.44. The summed E-state index contributed by atoms with van der Waals surface area (Å²) >= 11 is 0. The van der Waals surface area contributed by atoms with Crippen molar-refractivity contribution in [3.63, 3.8) is 0 Å². The van der Waals surface area contributed by atoms with Gasteiger partial charge in [-0.25, -0.2) is 0 Å². The summed E-state index contributed by atoms with van der Waals surface area (Å²) in [6.07, 6.45) is 3.19. The molecular formula is C11H18N2. The number of hydrogen-bond acceptors (Lipinski definition) is 1. The van der Waals surface area contributed by atoms with Gasteiger partial charge in [0.1, 0.15) is 0 Å². The van der Waals surface area contributed by atoms with Crippen LogP contribution in [0.5, 0.6) is 0 Å². The highest BCUT2D eigenvalue weighted by molar-refractivity contribution is 5.24. The molecule has 1 aromatic heterocycles. The van der Waals surface area contributed by atoms with Crippen molar-refractivity contribution < 1.29 is 0 Å². The fraction of sp³-hybridized carbons (Fsp3) is 0.636. The highest BCUT2D eigenvalue weighted by Crippen LogP contribution is 2.26. The minimum Gasteiger partial charge on any atom is -0.364 e. The maximum absolute atomic E-state index is 3.57. The standard InChI is InChI=1S/C11H18N2/c1-11(2,3)10-6-8-4-5-12-9(8)7-13-10/h4-5,10,12-13H,6-7H2,1-3H3. The number of fused-ring (bicyclic) bond motifs is 1. The van der Waals surface area contributed by atoms with E-state index in [9.17, 15) is 0 Å². The summed E-state index contributed by atoms with van der Waals surface area (Å²) in [5, 5.41) is 3.57. The van der Waals surface area contributed by atoms with Gasteiger partial charge in [0.15, 0.2) is 0 Å². The average Bonchev–Trinajstić information content (AvgIpc) is 2.47. The second kappa shape index (κ2) is 2.88. The van der Waals surface area contributed by atoms with Crippen LogP contribution in [0.25, 0.3) is 0 Å². The number of aromatic amines is 1. The Morgan fingerprint density at radius 1 is 1.38 bits per heavy atom. The van der Waals surface area contributed by atoms with Crippen LogP contribution in [0.3, 0.4) is 0 Å². The summed E-state index contributed by atoms with van der Waals surface area (Å²) in [6, 6.07) is 2.81. The number of aromatic nitrogens is 1. The number of hydrogen-bond donors (Lipinski definition) is 2. The van der Waals surface area contributed by atoms with E-state index in [4.69, 9.17) is 0 Å². The van der Waals surface area contributed by atoms with Gasteiger partial charge in [0.2, 0.25) is 0 Å². The first-order valence-corrected chi connectivity index (χ1v) is 4.96. The molecule has 13 heavy (non-hydrogen) atoms. The SMILES string of the molecule is CC(C)(C)C1Cc2cc[nH]c2CN1. The molecule has 1 atom stereocenters. The minimum atomic E-state index is 0.356. The van der Waals surface area contributed by atoms with Gasteiger partial charge in [0, 0.05) is 24.5 Å². The third-order valence-corrected chi connectivity index (χ3v) is 2.92. The third kappa shape index (κ3) is 1.63. The molecule has 0 spiro atoms. The zero-order valence-electron chi connectivity index (χ0n) is 8.65. The maximum atomic E-state index is 3.57. The van der Waals surface area contributed by atoms with Crippen molar-refractivity contribution in [2.24, 2.45) is 5.41 Å². The normalized spacial score (nSPS) is 22.8. The van der Waals surface area contributed by atoms with Crippen molar-refractivity contribution in [1.82, 2.24) is 10.3 Å². The van der Waals surface area contributed by atoms with Gasteiger partial charge < -0.3 is 10.3 Å². The monoisotopic (exact) mass is 178 g/mol. The van der Waals surface area contributed by atoms with E-state index in [2.05, 4.69) is 37.1 Å². The van der Waals surface area contributed by atoms with Crippen LogP contribution in [-0.4, -0.2) is 11.0 Å². The highest BCUT2D eigenvalue weighted by Gasteiger charge is 2.28. The summed E-state index contributed by atoms with van der Waals surface area (Å²) in [5.74, 6) is 0. The molecule has 2 heteroatoms. The van der Waals surface area contributed by atoms with Crippen LogP contribution in [0.2, 0.25) is 0 Å². The Morgan fingerprint density at radius 3 is 2.85 bits per heavy atom. The smallest absolute Gasteiger partial charge is 0.0362 e. The Kier molecular flexibility index (Phi) is 1.95. The molecule has 0 bridgehead atoms. The van der Waals surface area contributed by atoms with Crippen LogP contribution in [0, 0.1) is 5.41 Å². The van der Waals surface area contributed by atoms with E-state index in [1.54, 1.807) is 0 Å². The van der Waals surface area contributed by atoms with Crippen LogP contribution in [0.1, 0.15) is 32.0 Å². The fourth-order valence-corrected chi connectivity index (χ4v) is 1.92. The van der Waals surface area contributed by atoms with Crippen molar-refractivity contribution in [1.29, 1.82) is 0 Å². The number of rotatable bonds is 0. The predicted molar refractivity (Wildman–Crippen MR) is 54.6 cm³/mol. The summed E-state index contributed by atoms with van der Waals surface area (Å²) in [6.45, 7) is 7.87. The molecule has 2 N–H and O–H groups in total. The molecule has 72 valence electrons. The van der Waals surface area contributed by atoms with Gasteiger partial charge in [0.25, 0.3) is 0 Å². The van der Waals surface area contributed by atoms with Gasteiger partial charge in [-0.3, -0.25) is 0 Å². The van der Waals surface area contributed by atoms with Crippen LogP contribution >= 0.6 is 0 Å². The molecule has 1 aromatic rings. The van der Waals surface area contributed by atoms with Crippen LogP contribution in [0.4, 0.5) is 0 Å². The second-order valence-corrected chi connectivity index (χ2v) is 4.99. The first kappa shape index (κ1) is 8.82. The Balaban J connectivity index is 2.18. The molecule has 0 amide bonds. The number of H-pyrrole nitrogens is 1. The maximum Gasteiger partial charge on any atom is 0.0362 e. The van der Waals surface area contributed by atoms with Gasteiger partial charge >= 0.3 is 0 Å². The minimum absolute atomic E-state index is 0.356. The van der Waals surface area contributed by atoms with E-state index >= 15 is 0 Å². The lowest BCUT2D eigenvalue weighted by Gasteiger charge is -2.34. The molecule has 0 aliphatic carbocycles. The molecule has 0 fully saturated rings. The largest absolute Gasteiger partial charge is 0.364 e. The van der Waals surface area contributed by atoms with Crippen LogP contribution in [0.15, 0.2) is 12.3 Å². The van der Waals surface area contributed by atoms with E-state index in [1.807, 2.05) is 6.20 Å². The van der Waals surface area contributed by atoms with Crippen molar-refractivity contribution in [3.05, 3.63) is 23.5 Å². The van der Waals surface area contributed by atoms with Crippen LogP contribution in [-0.2, 0) is 13.0 Å². The van der Waals surface area contributed by atoms with Crippen molar-refractivity contribution >= 4 is 0 Å². The first-order chi connectivity index (χ1) is 6.07. The zero-order chi connectivity index (χ0) is 9.47. The Labute approximate surface area is 79.7 Å². The highest BCUT2D eigenvalue weighted by atomic mass is 15.0. The lowest BCUT2D eigenvalue weighted by atomic mass is 9.81. The predicted octanol–water partition coefficient (Wildman–Crippen LogP) is 2.08. The van der Waals surface area contributed by atoms with E-state index in [-0.39, 0.29) is 0 Å². The summed E-state index contributed by atoms with van der Waals surface area (Å²) in [5.41, 5.74) is 3.20. The Hall–Kier alpha value is -0.760. The van der Waals surface area contributed by atoms with E-state index in [1.165, 1.54) is 11.3 Å². The summed E-state index contributed by atoms with van der Waals surface area (Å²) in [4.78, 5) is 3.27. The quantitative estimate of drug-likeness (QED) is 0.625. The summed E-state index contributed by atoms with van der Waals surface area (Å²) in [7, 11) is 0. The fourth-order valence-electron chi connectivity index (χ4n) is 1.92. The number of nitrogens with one attached hydrogen (secondary N) is 2. The van der Waals surface area contributed by atoms with Crippen molar-refractivity contribution in [2.75, 3.05) is 0 Å². The molecule has 2 nitrogen and oxygen atoms in total. The van der Waals surface area contributed by atoms with Gasteiger partial charge in [-0.05, 0) is 23.5 Å². The van der Waals surface area contributed by atoms with Crippen molar-refractivity contribution in [3.8, 4) is 0 Å². The Bertz CT molecular complexity index is 293. The molecule has 0 radical (unpaired) electrons. The molecule has 1 unspecified atom stereocenters. The van der Waals surface area contributed by atoms with E-state index in [0.717, 1.165) is 13.0 Å². The van der Waals surface area contributed by atoms with E-state index in [0.29, 0.717) is 11.5 Å². The molecular weight excluding hydrogens is 160 g/mol. The molecule has 2 rings (SSSR count). The molecule has 1 aliphatic rings. The first-order valence-electron chi connectivity index (χ1n) is 4.96. The molecule has 0 saturated heterocycles. The Morgan fingerprint density at radius 2 is 2.15 bits per heavy atom. The second-order valence-electron chi connectivity index (χ2n) is 4.99. The van der Waals surface area contributed by atoms with Gasteiger partial charge in [-0.1, -0.05) is 20.8 Å². The topological polar surface area (TPSA) is 27.8 Å². The van der Waals surface area contributed by atoms with Gasteiger partial charge in [-0.2, -0.15) is 0 Å². The molecule has 0 aromatic carbocycles. The average molecular weight is 178 g/mol. The molecule has 0 saturated carbocycles. The summed E-state index contributed by atoms with van der Waals surface area (Å²) < 4.78 is 0. The van der Waals surface area contributed by atoms with Crippen LogP contribution < -0.4 is 5.32 Å². The zero-order valence-corrected chi connectivity index (χ0v) is 8.65. The van der Waals surface area contributed by atoms with Gasteiger partial charge in [0.05, 0.1) is 0 Å². The molecule has 2 heterocycles. The molecule has 1 aliphatic heterocycles. The van der Waals surface area contributed by atoms with Crippen molar-refractivity contribution in [2.45, 2.75) is 39.8 Å². The lowest BCUT2D eigenvalue weighted by molar-refractivity contribution is 0.254. The van der Waals surface area contributed by atoms with Gasteiger partial charge in [-0.15, -0.1) is 0 Å². The third-order valence-electron chi connectivity index (χ3n) is 2.92.